The van der Waals surface area contributed by atoms with Crippen molar-refractivity contribution in [2.24, 2.45) is 40.4 Å². The van der Waals surface area contributed by atoms with Gasteiger partial charge in [-0.05, 0) is 44.1 Å². The Balaban J connectivity index is 1.57. The zero-order valence-corrected chi connectivity index (χ0v) is 18.0. The first kappa shape index (κ1) is 19.4. The highest BCUT2D eigenvalue weighted by Crippen LogP contribution is 2.78. The highest BCUT2D eigenvalue weighted by atomic mass is 16.5. The molecule has 3 N–H and O–H groups in total. The SMILES string of the molecule is CCN1C[C@]2(COC)CC[C@H](O)[C@]34C1[C@@H](C[C@H]23)[C@@]1(O)C[C@H](OC)[C@H]2C[C@@H]4[C@@H]1[C@H]2O. The molecule has 1 heterocycles. The largest absolute Gasteiger partial charge is 0.392 e. The van der Waals surface area contributed by atoms with Crippen LogP contribution < -0.4 is 0 Å². The number of hydrogen-bond donors (Lipinski definition) is 3. The summed E-state index contributed by atoms with van der Waals surface area (Å²) in [7, 11) is 3.52. The summed E-state index contributed by atoms with van der Waals surface area (Å²) in [5, 5.41) is 35.2. The number of ether oxygens (including phenoxy) is 2. The van der Waals surface area contributed by atoms with Crippen LogP contribution in [0.1, 0.15) is 39.0 Å². The van der Waals surface area contributed by atoms with Crippen molar-refractivity contribution in [1.82, 2.24) is 4.90 Å². The van der Waals surface area contributed by atoms with E-state index in [1.807, 2.05) is 0 Å². The first-order valence-electron chi connectivity index (χ1n) is 11.7. The molecule has 5 aliphatic carbocycles. The van der Waals surface area contributed by atoms with Crippen molar-refractivity contribution >= 4 is 0 Å². The molecule has 1 aliphatic heterocycles. The third-order valence-corrected chi connectivity index (χ3v) is 10.9. The van der Waals surface area contributed by atoms with Crippen molar-refractivity contribution in [3.63, 3.8) is 0 Å². The zero-order chi connectivity index (χ0) is 20.3. The molecule has 6 fully saturated rings. The zero-order valence-electron chi connectivity index (χ0n) is 18.0. The van der Waals surface area contributed by atoms with Crippen molar-refractivity contribution < 1.29 is 24.8 Å². The monoisotopic (exact) mass is 407 g/mol. The standard InChI is InChI=1S/C23H37NO5/c1-4-24-10-21(11-28-2)6-5-17(25)23-13-7-12-15(29-3)9-22(27,18(13)19(12)26)14(20(23)24)8-16(21)23/h12-20,25-27H,4-11H2,1-3H3/t12-,13-,14-,15+,16-,17+,18-,19+,20?,21+,22+,23-/m1/s1. The van der Waals surface area contributed by atoms with Gasteiger partial charge in [0.25, 0.3) is 0 Å². The number of fused-ring (bicyclic) bond motifs is 2. The van der Waals surface area contributed by atoms with E-state index in [9.17, 15) is 15.3 Å². The van der Waals surface area contributed by atoms with Crippen LogP contribution in [0.25, 0.3) is 0 Å². The summed E-state index contributed by atoms with van der Waals surface area (Å²) < 4.78 is 11.6. The fourth-order valence-corrected chi connectivity index (χ4v) is 10.4. The van der Waals surface area contributed by atoms with E-state index < -0.39 is 11.7 Å². The molecule has 0 aromatic heterocycles. The Hall–Kier alpha value is -0.240. The fourth-order valence-electron chi connectivity index (χ4n) is 10.4. The summed E-state index contributed by atoms with van der Waals surface area (Å²) in [5.74, 6) is 0.553. The summed E-state index contributed by atoms with van der Waals surface area (Å²) in [4.78, 5) is 2.57. The van der Waals surface area contributed by atoms with Crippen LogP contribution >= 0.6 is 0 Å². The molecular formula is C23H37NO5. The summed E-state index contributed by atoms with van der Waals surface area (Å²) in [5.41, 5.74) is -1.08. The second kappa shape index (κ2) is 5.96. The number of nitrogens with zero attached hydrogens (tertiary/aromatic N) is 1. The maximum atomic E-state index is 12.2. The van der Waals surface area contributed by atoms with Crippen LogP contribution in [0.4, 0.5) is 0 Å². The summed E-state index contributed by atoms with van der Waals surface area (Å²) in [6, 6.07) is 0.200. The Bertz CT molecular complexity index is 705. The Morgan fingerprint density at radius 1 is 1.14 bits per heavy atom. The molecule has 1 saturated heterocycles. The lowest BCUT2D eigenvalue weighted by Crippen LogP contribution is -2.76. The molecule has 12 atom stereocenters. The molecule has 0 amide bonds. The molecule has 6 aliphatic rings. The summed E-state index contributed by atoms with van der Waals surface area (Å²) in [6.07, 6.45) is 3.27. The van der Waals surface area contributed by atoms with Crippen LogP contribution in [-0.4, -0.2) is 84.1 Å². The molecule has 6 rings (SSSR count). The highest BCUT2D eigenvalue weighted by molar-refractivity contribution is 5.33. The van der Waals surface area contributed by atoms with Crippen LogP contribution in [-0.2, 0) is 9.47 Å². The molecule has 5 saturated carbocycles. The van der Waals surface area contributed by atoms with Crippen molar-refractivity contribution in [1.29, 1.82) is 0 Å². The maximum Gasteiger partial charge on any atom is 0.0771 e. The van der Waals surface area contributed by atoms with Crippen LogP contribution in [0.3, 0.4) is 0 Å². The minimum absolute atomic E-state index is 0.0495. The van der Waals surface area contributed by atoms with E-state index in [0.29, 0.717) is 12.3 Å². The molecule has 0 radical (unpaired) electrons. The van der Waals surface area contributed by atoms with Crippen LogP contribution in [0.5, 0.6) is 0 Å². The lowest BCUT2D eigenvalue weighted by molar-refractivity contribution is -0.272. The van der Waals surface area contributed by atoms with Crippen molar-refractivity contribution in [3.8, 4) is 0 Å². The van der Waals surface area contributed by atoms with Gasteiger partial charge in [-0.1, -0.05) is 6.92 Å². The number of piperidine rings is 1. The van der Waals surface area contributed by atoms with Gasteiger partial charge < -0.3 is 24.8 Å². The van der Waals surface area contributed by atoms with Gasteiger partial charge in [0.1, 0.15) is 0 Å². The molecule has 0 aromatic rings. The minimum Gasteiger partial charge on any atom is -0.392 e. The second-order valence-electron chi connectivity index (χ2n) is 11.2. The summed E-state index contributed by atoms with van der Waals surface area (Å²) in [6.45, 7) is 4.88. The molecule has 29 heavy (non-hydrogen) atoms. The van der Waals surface area contributed by atoms with Crippen molar-refractivity contribution in [2.75, 3.05) is 33.9 Å². The number of aliphatic hydroxyl groups is 3. The molecule has 1 unspecified atom stereocenters. The number of aliphatic hydroxyl groups excluding tert-OH is 2. The fraction of sp³-hybridized carbons (Fsp3) is 1.00. The average molecular weight is 408 g/mol. The molecular weight excluding hydrogens is 370 g/mol. The maximum absolute atomic E-state index is 12.2. The Labute approximate surface area is 173 Å². The van der Waals surface area contributed by atoms with Crippen molar-refractivity contribution in [3.05, 3.63) is 0 Å². The second-order valence-corrected chi connectivity index (χ2v) is 11.2. The van der Waals surface area contributed by atoms with E-state index in [-0.39, 0.29) is 52.8 Å². The quantitative estimate of drug-likeness (QED) is 0.642. The van der Waals surface area contributed by atoms with Gasteiger partial charge in [-0.25, -0.2) is 0 Å². The third-order valence-electron chi connectivity index (χ3n) is 10.9. The first-order valence-corrected chi connectivity index (χ1v) is 11.7. The highest BCUT2D eigenvalue weighted by Gasteiger charge is 2.83. The van der Waals surface area contributed by atoms with Gasteiger partial charge in [-0.3, -0.25) is 4.90 Å². The topological polar surface area (TPSA) is 82.4 Å². The Morgan fingerprint density at radius 3 is 2.62 bits per heavy atom. The lowest BCUT2D eigenvalue weighted by Gasteiger charge is -2.69. The van der Waals surface area contributed by atoms with Crippen LogP contribution in [0.15, 0.2) is 0 Å². The van der Waals surface area contributed by atoms with Gasteiger partial charge in [0, 0.05) is 61.8 Å². The van der Waals surface area contributed by atoms with E-state index in [1.165, 1.54) is 0 Å². The molecule has 0 aromatic carbocycles. The van der Waals surface area contributed by atoms with Crippen LogP contribution in [0, 0.1) is 40.4 Å². The van der Waals surface area contributed by atoms with Gasteiger partial charge in [-0.2, -0.15) is 0 Å². The normalized spacial score (nSPS) is 62.5. The predicted octanol–water partition coefficient (Wildman–Crippen LogP) is 0.877. The number of likely N-dealkylation sites (tertiary alicyclic amines) is 1. The average Bonchev–Trinajstić information content (AvgIpc) is 3.13. The smallest absolute Gasteiger partial charge is 0.0771 e. The number of rotatable bonds is 4. The summed E-state index contributed by atoms with van der Waals surface area (Å²) >= 11 is 0. The van der Waals surface area contributed by atoms with Gasteiger partial charge >= 0.3 is 0 Å². The minimum atomic E-state index is -0.901. The van der Waals surface area contributed by atoms with E-state index in [1.54, 1.807) is 14.2 Å². The number of methoxy groups -OCH3 is 2. The van der Waals surface area contributed by atoms with Gasteiger partial charge in [-0.15, -0.1) is 0 Å². The van der Waals surface area contributed by atoms with Crippen LogP contribution in [0.2, 0.25) is 0 Å². The molecule has 7 bridgehead atoms. The van der Waals surface area contributed by atoms with Gasteiger partial charge in [0.15, 0.2) is 0 Å². The molecule has 6 nitrogen and oxygen atoms in total. The van der Waals surface area contributed by atoms with E-state index in [4.69, 9.17) is 9.47 Å². The molecule has 1 spiro atoms. The van der Waals surface area contributed by atoms with Gasteiger partial charge in [0.05, 0.1) is 30.5 Å². The lowest BCUT2D eigenvalue weighted by atomic mass is 9.43. The molecule has 164 valence electrons. The Kier molecular flexibility index (Phi) is 4.00. The van der Waals surface area contributed by atoms with E-state index >= 15 is 0 Å². The third kappa shape index (κ3) is 1.93. The van der Waals surface area contributed by atoms with E-state index in [2.05, 4.69) is 11.8 Å². The molecule has 6 heteroatoms. The first-order chi connectivity index (χ1) is 13.9. The van der Waals surface area contributed by atoms with Crippen molar-refractivity contribution in [2.45, 2.75) is 69.0 Å². The van der Waals surface area contributed by atoms with E-state index in [0.717, 1.165) is 45.4 Å². The van der Waals surface area contributed by atoms with Gasteiger partial charge in [0.2, 0.25) is 0 Å². The number of hydrogen-bond acceptors (Lipinski definition) is 6. The Morgan fingerprint density at radius 2 is 1.93 bits per heavy atom. The predicted molar refractivity (Wildman–Crippen MR) is 106 cm³/mol.